The van der Waals surface area contributed by atoms with Gasteiger partial charge in [0.1, 0.15) is 34.5 Å². The fraction of sp³-hybridized carbons (Fsp3) is 0.242. The Morgan fingerprint density at radius 2 is 1.79 bits per heavy atom. The lowest BCUT2D eigenvalue weighted by atomic mass is 9.93. The zero-order chi connectivity index (χ0) is 30.2. The summed E-state index contributed by atoms with van der Waals surface area (Å²) in [5.74, 6) is -0.178. The van der Waals surface area contributed by atoms with Gasteiger partial charge in [-0.15, -0.1) is 0 Å². The molecule has 220 valence electrons. The molecule has 6 rings (SSSR count). The lowest BCUT2D eigenvalue weighted by molar-refractivity contribution is 0.262. The Hall–Kier alpha value is -4.83. The van der Waals surface area contributed by atoms with E-state index in [1.165, 1.54) is 5.57 Å². The second-order valence-corrected chi connectivity index (χ2v) is 11.1. The lowest BCUT2D eigenvalue weighted by Crippen LogP contribution is -2.26. The van der Waals surface area contributed by atoms with E-state index in [-0.39, 0.29) is 11.6 Å². The first-order valence-corrected chi connectivity index (χ1v) is 14.3. The smallest absolute Gasteiger partial charge is 0.323 e. The Morgan fingerprint density at radius 1 is 1.05 bits per heavy atom. The first-order chi connectivity index (χ1) is 20.7. The summed E-state index contributed by atoms with van der Waals surface area (Å²) >= 11 is 0. The molecule has 0 spiro atoms. The van der Waals surface area contributed by atoms with Crippen LogP contribution in [-0.2, 0) is 0 Å². The van der Waals surface area contributed by atoms with Gasteiger partial charge in [-0.2, -0.15) is 0 Å². The summed E-state index contributed by atoms with van der Waals surface area (Å²) in [4.78, 5) is 22.6. The minimum Gasteiger partial charge on any atom is -0.382 e. The van der Waals surface area contributed by atoms with Gasteiger partial charge in [-0.1, -0.05) is 50.3 Å². The Bertz CT molecular complexity index is 1880. The van der Waals surface area contributed by atoms with E-state index in [0.29, 0.717) is 23.2 Å². The van der Waals surface area contributed by atoms with E-state index in [9.17, 15) is 13.6 Å². The van der Waals surface area contributed by atoms with E-state index >= 15 is 0 Å². The van der Waals surface area contributed by atoms with Crippen LogP contribution in [0.4, 0.5) is 30.8 Å². The summed E-state index contributed by atoms with van der Waals surface area (Å²) in [5.41, 5.74) is 11.6. The number of urea groups is 1. The molecule has 10 heteroatoms. The van der Waals surface area contributed by atoms with Crippen molar-refractivity contribution in [2.75, 3.05) is 23.4 Å². The van der Waals surface area contributed by atoms with Crippen LogP contribution in [0.25, 0.3) is 33.1 Å². The van der Waals surface area contributed by atoms with Crippen molar-refractivity contribution in [2.24, 2.45) is 0 Å². The highest BCUT2D eigenvalue weighted by Crippen LogP contribution is 2.39. The molecule has 2 amide bonds. The number of anilines is 3. The molecule has 1 aliphatic carbocycles. The maximum atomic E-state index is 13.6. The molecule has 2 heterocycles. The third-order valence-electron chi connectivity index (χ3n) is 7.93. The van der Waals surface area contributed by atoms with Crippen molar-refractivity contribution < 1.29 is 13.6 Å². The Labute approximate surface area is 248 Å². The molecule has 0 fully saturated rings. The number of hydrogen-bond acceptors (Lipinski definition) is 5. The highest BCUT2D eigenvalue weighted by Gasteiger charge is 2.25. The number of benzene rings is 3. The van der Waals surface area contributed by atoms with E-state index in [4.69, 9.17) is 10.7 Å². The number of fused-ring (bicyclic) bond motifs is 2. The average Bonchev–Trinajstić information content (AvgIpc) is 3.39. The summed E-state index contributed by atoms with van der Waals surface area (Å²) in [6, 6.07) is 14.0. The van der Waals surface area contributed by atoms with Gasteiger partial charge in [0.25, 0.3) is 0 Å². The van der Waals surface area contributed by atoms with E-state index in [2.05, 4.69) is 45.3 Å². The highest BCUT2D eigenvalue weighted by atomic mass is 19.1. The van der Waals surface area contributed by atoms with Crippen LogP contribution in [0.3, 0.4) is 0 Å². The third-order valence-corrected chi connectivity index (χ3v) is 7.93. The Kier molecular flexibility index (Phi) is 7.53. The van der Waals surface area contributed by atoms with Crippen LogP contribution < -0.4 is 21.7 Å². The number of rotatable bonds is 6. The number of allylic oxidation sites excluding steroid dienone is 1. The van der Waals surface area contributed by atoms with Gasteiger partial charge in [0.05, 0.1) is 17.6 Å². The van der Waals surface area contributed by atoms with Crippen molar-refractivity contribution in [1.29, 1.82) is 0 Å². The number of nitrogen functional groups attached to an aromatic ring is 1. The van der Waals surface area contributed by atoms with Crippen LogP contribution in [0.5, 0.6) is 0 Å². The fourth-order valence-electron chi connectivity index (χ4n) is 5.82. The molecule has 0 saturated carbocycles. The predicted octanol–water partition coefficient (Wildman–Crippen LogP) is 7.33. The first kappa shape index (κ1) is 28.3. The standard InChI is InChI=1S/C33H33F2N7O/c1-18(2)32-41-29(30-31(36)38-17-28(42(30)32)19-8-10-22(37-3)11-9-19)26-12-13-27(25-7-5-4-6-24(25)26)40-33(43)39-23-15-20(34)14-21(35)16-23/h4-8,12-18,22,37H,9-11H2,1-3H3,(H2,36,38)(H2,39,40,43). The zero-order valence-corrected chi connectivity index (χ0v) is 24.2. The van der Waals surface area contributed by atoms with E-state index in [0.717, 1.165) is 70.8 Å². The van der Waals surface area contributed by atoms with Crippen LogP contribution in [0, 0.1) is 11.6 Å². The molecule has 43 heavy (non-hydrogen) atoms. The predicted molar refractivity (Wildman–Crippen MR) is 168 cm³/mol. The fourth-order valence-corrected chi connectivity index (χ4v) is 5.82. The SMILES string of the molecule is CNC1CC=C(c2cnc(N)c3c(-c4ccc(NC(=O)Nc5cc(F)cc(F)c5)c5ccccc45)nc(C(C)C)n23)CC1. The van der Waals surface area contributed by atoms with Crippen LogP contribution in [-0.4, -0.2) is 33.5 Å². The van der Waals surface area contributed by atoms with Gasteiger partial charge in [-0.25, -0.2) is 23.5 Å². The third kappa shape index (κ3) is 5.41. The molecule has 5 aromatic rings. The minimum absolute atomic E-state index is 0.00922. The monoisotopic (exact) mass is 581 g/mol. The van der Waals surface area contributed by atoms with Crippen LogP contribution in [0.15, 0.2) is 66.9 Å². The number of aromatic nitrogens is 3. The highest BCUT2D eigenvalue weighted by molar-refractivity contribution is 6.11. The van der Waals surface area contributed by atoms with Gasteiger partial charge in [-0.05, 0) is 55.5 Å². The molecule has 0 saturated heterocycles. The number of carbonyl (C=O) groups excluding carboxylic acids is 1. The second-order valence-electron chi connectivity index (χ2n) is 11.1. The van der Waals surface area contributed by atoms with Crippen LogP contribution >= 0.6 is 0 Å². The largest absolute Gasteiger partial charge is 0.382 e. The summed E-state index contributed by atoms with van der Waals surface area (Å²) in [5, 5.41) is 10.3. The van der Waals surface area contributed by atoms with Crippen molar-refractivity contribution in [1.82, 2.24) is 19.7 Å². The van der Waals surface area contributed by atoms with E-state index < -0.39 is 17.7 Å². The summed E-state index contributed by atoms with van der Waals surface area (Å²) in [7, 11) is 1.99. The molecule has 0 radical (unpaired) electrons. The number of imidazole rings is 1. The summed E-state index contributed by atoms with van der Waals surface area (Å²) in [6.07, 6.45) is 7.02. The van der Waals surface area contributed by atoms with Gasteiger partial charge >= 0.3 is 6.03 Å². The van der Waals surface area contributed by atoms with Crippen LogP contribution in [0.1, 0.15) is 50.5 Å². The Balaban J connectivity index is 1.44. The topological polar surface area (TPSA) is 109 Å². The molecule has 3 aromatic carbocycles. The van der Waals surface area contributed by atoms with Gasteiger partial charge in [0, 0.05) is 34.7 Å². The van der Waals surface area contributed by atoms with E-state index in [1.807, 2.05) is 43.6 Å². The number of nitrogens with two attached hydrogens (primary N) is 1. The van der Waals surface area contributed by atoms with Crippen molar-refractivity contribution in [3.63, 3.8) is 0 Å². The molecule has 2 aromatic heterocycles. The minimum atomic E-state index is -0.781. The molecule has 1 aliphatic rings. The molecular formula is C33H33F2N7O. The van der Waals surface area contributed by atoms with Gasteiger partial charge < -0.3 is 21.7 Å². The van der Waals surface area contributed by atoms with Crippen molar-refractivity contribution in [3.05, 3.63) is 90.0 Å². The zero-order valence-electron chi connectivity index (χ0n) is 24.2. The molecule has 0 aliphatic heterocycles. The maximum absolute atomic E-state index is 13.6. The number of nitrogens with zero attached hydrogens (tertiary/aromatic N) is 3. The van der Waals surface area contributed by atoms with Crippen molar-refractivity contribution in [2.45, 2.75) is 45.1 Å². The molecule has 0 bridgehead atoms. The number of carbonyl (C=O) groups is 1. The number of halogens is 2. The summed E-state index contributed by atoms with van der Waals surface area (Å²) in [6.45, 7) is 4.22. The number of nitrogens with one attached hydrogen (secondary N) is 3. The van der Waals surface area contributed by atoms with Gasteiger partial charge in [0.15, 0.2) is 0 Å². The van der Waals surface area contributed by atoms with Gasteiger partial charge in [-0.3, -0.25) is 4.40 Å². The number of amides is 2. The molecule has 5 N–H and O–H groups in total. The van der Waals surface area contributed by atoms with Crippen molar-refractivity contribution in [3.8, 4) is 11.3 Å². The second kappa shape index (κ2) is 11.4. The lowest BCUT2D eigenvalue weighted by Gasteiger charge is -2.22. The average molecular weight is 582 g/mol. The van der Waals surface area contributed by atoms with Gasteiger partial charge in [0.2, 0.25) is 0 Å². The van der Waals surface area contributed by atoms with Crippen LogP contribution in [0.2, 0.25) is 0 Å². The first-order valence-electron chi connectivity index (χ1n) is 14.3. The maximum Gasteiger partial charge on any atom is 0.323 e. The molecule has 8 nitrogen and oxygen atoms in total. The van der Waals surface area contributed by atoms with E-state index in [1.54, 1.807) is 6.07 Å². The quantitative estimate of drug-likeness (QED) is 0.168. The molecule has 1 unspecified atom stereocenters. The molecule has 1 atom stereocenters. The Morgan fingerprint density at radius 3 is 2.47 bits per heavy atom. The van der Waals surface area contributed by atoms with Crippen molar-refractivity contribution >= 4 is 45.1 Å². The summed E-state index contributed by atoms with van der Waals surface area (Å²) < 4.78 is 29.4. The normalized spacial score (nSPS) is 15.2. The number of hydrogen-bond donors (Lipinski definition) is 4. The molecular weight excluding hydrogens is 548 g/mol.